The number of nitrogens with zero attached hydrogens (tertiary/aromatic N) is 1. The first-order chi connectivity index (χ1) is 15.6. The fourth-order valence-electron chi connectivity index (χ4n) is 3.35. The van der Waals surface area contributed by atoms with E-state index in [-0.39, 0.29) is 5.91 Å². The van der Waals surface area contributed by atoms with Crippen LogP contribution in [0.3, 0.4) is 0 Å². The van der Waals surface area contributed by atoms with E-state index in [1.54, 1.807) is 39.5 Å². The van der Waals surface area contributed by atoms with E-state index in [1.165, 1.54) is 6.08 Å². The summed E-state index contributed by atoms with van der Waals surface area (Å²) in [5.74, 6) is 2.07. The molecule has 2 N–H and O–H groups in total. The average molecular weight is 429 g/mol. The van der Waals surface area contributed by atoms with Crippen LogP contribution in [0.25, 0.3) is 28.5 Å². The number of aromatic amines is 1. The Kier molecular flexibility index (Phi) is 6.07. The predicted molar refractivity (Wildman–Crippen MR) is 125 cm³/mol. The van der Waals surface area contributed by atoms with Gasteiger partial charge in [0, 0.05) is 17.3 Å². The van der Waals surface area contributed by atoms with Crippen LogP contribution in [0, 0.1) is 0 Å². The summed E-state index contributed by atoms with van der Waals surface area (Å²) in [5.41, 5.74) is 4.26. The molecule has 32 heavy (non-hydrogen) atoms. The number of benzene rings is 3. The number of ether oxygens (including phenoxy) is 3. The van der Waals surface area contributed by atoms with Gasteiger partial charge < -0.3 is 24.5 Å². The van der Waals surface area contributed by atoms with Crippen molar-refractivity contribution in [1.29, 1.82) is 0 Å². The smallest absolute Gasteiger partial charge is 0.248 e. The van der Waals surface area contributed by atoms with Gasteiger partial charge in [0.05, 0.1) is 32.4 Å². The number of imidazole rings is 1. The minimum absolute atomic E-state index is 0.254. The van der Waals surface area contributed by atoms with Gasteiger partial charge >= 0.3 is 0 Å². The Hall–Kier alpha value is -4.26. The largest absolute Gasteiger partial charge is 0.493 e. The molecule has 7 nitrogen and oxygen atoms in total. The number of carbonyl (C=O) groups excluding carboxylic acids is 1. The number of methoxy groups -OCH3 is 3. The summed E-state index contributed by atoms with van der Waals surface area (Å²) in [4.78, 5) is 20.3. The first kappa shape index (κ1) is 21.0. The number of hydrogen-bond donors (Lipinski definition) is 2. The summed E-state index contributed by atoms with van der Waals surface area (Å²) in [6.07, 6.45) is 3.14. The highest BCUT2D eigenvalue weighted by Gasteiger charge is 2.12. The summed E-state index contributed by atoms with van der Waals surface area (Å²) >= 11 is 0. The lowest BCUT2D eigenvalue weighted by Gasteiger charge is -2.12. The second kappa shape index (κ2) is 9.26. The number of fused-ring (bicyclic) bond motifs is 1. The molecule has 0 saturated carbocycles. The Balaban J connectivity index is 1.45. The molecular formula is C25H23N3O4. The third kappa shape index (κ3) is 4.41. The van der Waals surface area contributed by atoms with Crippen molar-refractivity contribution >= 4 is 28.7 Å². The molecular weight excluding hydrogens is 406 g/mol. The van der Waals surface area contributed by atoms with Crippen LogP contribution in [0.5, 0.6) is 17.2 Å². The second-order valence-electron chi connectivity index (χ2n) is 6.96. The van der Waals surface area contributed by atoms with Gasteiger partial charge in [-0.2, -0.15) is 0 Å². The molecule has 7 heteroatoms. The maximum absolute atomic E-state index is 12.4. The Morgan fingerprint density at radius 2 is 1.62 bits per heavy atom. The Morgan fingerprint density at radius 1 is 0.938 bits per heavy atom. The fourth-order valence-corrected chi connectivity index (χ4v) is 3.35. The third-order valence-electron chi connectivity index (χ3n) is 4.93. The third-order valence-corrected chi connectivity index (χ3v) is 4.93. The van der Waals surface area contributed by atoms with Gasteiger partial charge in [0.2, 0.25) is 11.7 Å². The lowest BCUT2D eigenvalue weighted by molar-refractivity contribution is -0.111. The van der Waals surface area contributed by atoms with E-state index >= 15 is 0 Å². The number of aromatic nitrogens is 2. The zero-order valence-corrected chi connectivity index (χ0v) is 18.0. The molecule has 0 aliphatic rings. The van der Waals surface area contributed by atoms with Crippen molar-refractivity contribution in [1.82, 2.24) is 9.97 Å². The molecule has 0 bridgehead atoms. The Labute approximate surface area is 185 Å². The van der Waals surface area contributed by atoms with E-state index < -0.39 is 0 Å². The van der Waals surface area contributed by atoms with Crippen molar-refractivity contribution < 1.29 is 19.0 Å². The van der Waals surface area contributed by atoms with Gasteiger partial charge in [-0.15, -0.1) is 0 Å². The van der Waals surface area contributed by atoms with E-state index in [9.17, 15) is 4.79 Å². The van der Waals surface area contributed by atoms with Crippen LogP contribution in [0.4, 0.5) is 5.69 Å². The molecule has 0 unspecified atom stereocenters. The van der Waals surface area contributed by atoms with Gasteiger partial charge in [-0.05, 0) is 60.2 Å². The van der Waals surface area contributed by atoms with Gasteiger partial charge in [-0.1, -0.05) is 12.1 Å². The van der Waals surface area contributed by atoms with E-state index in [4.69, 9.17) is 14.2 Å². The fraction of sp³-hybridized carbons (Fsp3) is 0.120. The average Bonchev–Trinajstić information content (AvgIpc) is 3.26. The molecule has 162 valence electrons. The molecule has 0 atom stereocenters. The highest BCUT2D eigenvalue weighted by molar-refractivity contribution is 6.02. The van der Waals surface area contributed by atoms with Crippen LogP contribution in [0.2, 0.25) is 0 Å². The zero-order valence-electron chi connectivity index (χ0n) is 18.0. The number of H-pyrrole nitrogens is 1. The maximum Gasteiger partial charge on any atom is 0.248 e. The van der Waals surface area contributed by atoms with Gasteiger partial charge in [-0.3, -0.25) is 4.79 Å². The molecule has 1 amide bonds. The summed E-state index contributed by atoms with van der Waals surface area (Å²) in [7, 11) is 4.64. The van der Waals surface area contributed by atoms with E-state index in [2.05, 4.69) is 15.3 Å². The van der Waals surface area contributed by atoms with Gasteiger partial charge in [-0.25, -0.2) is 4.98 Å². The predicted octanol–water partition coefficient (Wildman–Crippen LogP) is 4.91. The number of carbonyl (C=O) groups is 1. The first-order valence-electron chi connectivity index (χ1n) is 9.95. The van der Waals surface area contributed by atoms with Crippen LogP contribution in [-0.4, -0.2) is 37.2 Å². The number of amides is 1. The van der Waals surface area contributed by atoms with E-state index in [1.807, 2.05) is 48.5 Å². The molecule has 0 saturated heterocycles. The maximum atomic E-state index is 12.4. The van der Waals surface area contributed by atoms with Crippen molar-refractivity contribution in [2.24, 2.45) is 0 Å². The molecule has 4 rings (SSSR count). The minimum atomic E-state index is -0.254. The summed E-state index contributed by atoms with van der Waals surface area (Å²) < 4.78 is 16.0. The van der Waals surface area contributed by atoms with Crippen LogP contribution in [0.15, 0.2) is 66.7 Å². The van der Waals surface area contributed by atoms with Crippen molar-refractivity contribution in [3.05, 3.63) is 72.3 Å². The highest BCUT2D eigenvalue weighted by Crippen LogP contribution is 2.38. The quantitative estimate of drug-likeness (QED) is 0.408. The number of hydrogen-bond acceptors (Lipinski definition) is 5. The van der Waals surface area contributed by atoms with Gasteiger partial charge in [0.25, 0.3) is 0 Å². The molecule has 0 radical (unpaired) electrons. The normalized spacial score (nSPS) is 11.0. The topological polar surface area (TPSA) is 85.5 Å². The lowest BCUT2D eigenvalue weighted by atomic mass is 10.1. The number of para-hydroxylation sites is 2. The summed E-state index contributed by atoms with van der Waals surface area (Å²) in [6.45, 7) is 0. The molecule has 0 aliphatic heterocycles. The summed E-state index contributed by atoms with van der Waals surface area (Å²) in [6, 6.07) is 18.9. The highest BCUT2D eigenvalue weighted by atomic mass is 16.5. The zero-order chi connectivity index (χ0) is 22.5. The van der Waals surface area contributed by atoms with Crippen LogP contribution in [0.1, 0.15) is 5.56 Å². The lowest BCUT2D eigenvalue weighted by Crippen LogP contribution is -2.07. The molecule has 1 heterocycles. The molecule has 1 aromatic heterocycles. The molecule has 0 aliphatic carbocycles. The van der Waals surface area contributed by atoms with Crippen molar-refractivity contribution in [2.75, 3.05) is 26.6 Å². The Morgan fingerprint density at radius 3 is 2.25 bits per heavy atom. The molecule has 3 aromatic carbocycles. The van der Waals surface area contributed by atoms with Crippen LogP contribution >= 0.6 is 0 Å². The minimum Gasteiger partial charge on any atom is -0.493 e. The standard InChI is InChI=1S/C25H23N3O4/c1-30-21-14-16(15-22(31-2)24(21)32-3)8-13-23(29)26-18-11-9-17(10-12-18)25-27-19-6-4-5-7-20(19)28-25/h4-15H,1-3H3,(H,26,29)(H,27,28). The van der Waals surface area contributed by atoms with Crippen molar-refractivity contribution in [3.8, 4) is 28.6 Å². The van der Waals surface area contributed by atoms with Gasteiger partial charge in [0.15, 0.2) is 11.5 Å². The second-order valence-corrected chi connectivity index (χ2v) is 6.96. The molecule has 0 spiro atoms. The monoisotopic (exact) mass is 429 g/mol. The summed E-state index contributed by atoms with van der Waals surface area (Å²) in [5, 5.41) is 2.85. The molecule has 0 fully saturated rings. The van der Waals surface area contributed by atoms with Crippen molar-refractivity contribution in [2.45, 2.75) is 0 Å². The van der Waals surface area contributed by atoms with E-state index in [0.717, 1.165) is 28.0 Å². The Bertz CT molecular complexity index is 1220. The SMILES string of the molecule is COc1cc(C=CC(=O)Nc2ccc(-c3nc4ccccc4[nH]3)cc2)cc(OC)c1OC. The first-order valence-corrected chi connectivity index (χ1v) is 9.95. The van der Waals surface area contributed by atoms with E-state index in [0.29, 0.717) is 22.9 Å². The van der Waals surface area contributed by atoms with Crippen LogP contribution in [-0.2, 0) is 4.79 Å². The van der Waals surface area contributed by atoms with Crippen molar-refractivity contribution in [3.63, 3.8) is 0 Å². The number of rotatable bonds is 7. The number of anilines is 1. The van der Waals surface area contributed by atoms with Crippen LogP contribution < -0.4 is 19.5 Å². The molecule has 4 aromatic rings. The van der Waals surface area contributed by atoms with Gasteiger partial charge in [0.1, 0.15) is 5.82 Å². The number of nitrogens with one attached hydrogen (secondary N) is 2.